The van der Waals surface area contributed by atoms with E-state index in [1.54, 1.807) is 7.11 Å². The molecule has 0 aliphatic carbocycles. The third-order valence-corrected chi connectivity index (χ3v) is 2.35. The van der Waals surface area contributed by atoms with Gasteiger partial charge in [0.15, 0.2) is 0 Å². The Morgan fingerprint density at radius 2 is 2.26 bits per heavy atom. The average molecular weight is 269 g/mol. The van der Waals surface area contributed by atoms with Gasteiger partial charge >= 0.3 is 5.97 Å². The minimum absolute atomic E-state index is 0.0750. The van der Waals surface area contributed by atoms with Crippen LogP contribution in [-0.4, -0.2) is 49.5 Å². The fourth-order valence-electron chi connectivity index (χ4n) is 1.37. The van der Waals surface area contributed by atoms with Crippen molar-refractivity contribution in [1.82, 2.24) is 4.98 Å². The van der Waals surface area contributed by atoms with Crippen LogP contribution in [0.5, 0.6) is 0 Å². The summed E-state index contributed by atoms with van der Waals surface area (Å²) in [5, 5.41) is 11.8. The summed E-state index contributed by atoms with van der Waals surface area (Å²) in [4.78, 5) is 14.7. The lowest BCUT2D eigenvalue weighted by molar-refractivity contribution is 0.0696. The van der Waals surface area contributed by atoms with Crippen molar-refractivity contribution in [1.29, 1.82) is 0 Å². The van der Waals surface area contributed by atoms with Crippen molar-refractivity contribution >= 4 is 17.5 Å². The topological polar surface area (TPSA) is 107 Å². The van der Waals surface area contributed by atoms with Crippen molar-refractivity contribution < 1.29 is 19.4 Å². The summed E-state index contributed by atoms with van der Waals surface area (Å²) < 4.78 is 10.1. The van der Waals surface area contributed by atoms with E-state index in [1.165, 1.54) is 12.3 Å². The van der Waals surface area contributed by atoms with Gasteiger partial charge in [-0.05, 0) is 12.5 Å². The Kier molecular flexibility index (Phi) is 6.62. The van der Waals surface area contributed by atoms with E-state index in [0.717, 1.165) is 6.42 Å². The highest BCUT2D eigenvalue weighted by molar-refractivity contribution is 5.89. The molecule has 1 rings (SSSR count). The normalized spacial score (nSPS) is 10.4. The Hall–Kier alpha value is -1.86. The van der Waals surface area contributed by atoms with Crippen molar-refractivity contribution in [2.45, 2.75) is 6.42 Å². The van der Waals surface area contributed by atoms with Gasteiger partial charge in [0.25, 0.3) is 0 Å². The first kappa shape index (κ1) is 15.2. The maximum absolute atomic E-state index is 10.7. The molecule has 1 heterocycles. The van der Waals surface area contributed by atoms with Gasteiger partial charge in [-0.15, -0.1) is 0 Å². The van der Waals surface area contributed by atoms with Crippen LogP contribution in [0.15, 0.2) is 12.3 Å². The lowest BCUT2D eigenvalue weighted by Crippen LogP contribution is -2.11. The van der Waals surface area contributed by atoms with Gasteiger partial charge in [0.05, 0.1) is 24.5 Å². The molecule has 0 spiro atoms. The number of anilines is 2. The molecule has 0 saturated heterocycles. The lowest BCUT2D eigenvalue weighted by atomic mass is 10.2. The average Bonchev–Trinajstić information content (AvgIpc) is 2.39. The van der Waals surface area contributed by atoms with E-state index < -0.39 is 5.97 Å². The van der Waals surface area contributed by atoms with E-state index in [2.05, 4.69) is 10.3 Å². The molecule has 0 aliphatic rings. The summed E-state index contributed by atoms with van der Waals surface area (Å²) in [6.45, 7) is 2.42. The summed E-state index contributed by atoms with van der Waals surface area (Å²) in [7, 11) is 1.63. The molecule has 0 unspecified atom stereocenters. The Bertz CT molecular complexity index is 412. The first-order chi connectivity index (χ1) is 9.15. The van der Waals surface area contributed by atoms with Gasteiger partial charge in [0, 0.05) is 26.5 Å². The number of nitrogen functional groups attached to an aromatic ring is 1. The third kappa shape index (κ3) is 5.54. The van der Waals surface area contributed by atoms with Crippen molar-refractivity contribution in [3.63, 3.8) is 0 Å². The second-order valence-electron chi connectivity index (χ2n) is 3.85. The van der Waals surface area contributed by atoms with Crippen LogP contribution in [-0.2, 0) is 9.47 Å². The van der Waals surface area contributed by atoms with Gasteiger partial charge < -0.3 is 25.6 Å². The van der Waals surface area contributed by atoms with Crippen LogP contribution in [0.25, 0.3) is 0 Å². The number of nitrogens with two attached hydrogens (primary N) is 1. The number of hydrogen-bond acceptors (Lipinski definition) is 6. The molecule has 0 saturated carbocycles. The van der Waals surface area contributed by atoms with Crippen LogP contribution in [0, 0.1) is 0 Å². The molecular weight excluding hydrogens is 250 g/mol. The molecule has 7 nitrogen and oxygen atoms in total. The highest BCUT2D eigenvalue weighted by Crippen LogP contribution is 2.16. The minimum atomic E-state index is -1.04. The Morgan fingerprint density at radius 3 is 2.89 bits per heavy atom. The van der Waals surface area contributed by atoms with E-state index in [-0.39, 0.29) is 5.56 Å². The van der Waals surface area contributed by atoms with E-state index in [0.29, 0.717) is 37.9 Å². The summed E-state index contributed by atoms with van der Waals surface area (Å²) in [5.41, 5.74) is 6.10. The smallest absolute Gasteiger partial charge is 0.337 e. The fourth-order valence-corrected chi connectivity index (χ4v) is 1.37. The van der Waals surface area contributed by atoms with Gasteiger partial charge in [-0.3, -0.25) is 0 Å². The van der Waals surface area contributed by atoms with Crippen molar-refractivity contribution in [3.05, 3.63) is 17.8 Å². The third-order valence-electron chi connectivity index (χ3n) is 2.35. The van der Waals surface area contributed by atoms with Gasteiger partial charge in [-0.25, -0.2) is 9.78 Å². The summed E-state index contributed by atoms with van der Waals surface area (Å²) in [6, 6.07) is 1.38. The SMILES string of the molecule is COCCOCCCNc1ncc(C(=O)O)cc1N. The van der Waals surface area contributed by atoms with E-state index >= 15 is 0 Å². The monoisotopic (exact) mass is 269 g/mol. The number of nitrogens with zero attached hydrogens (tertiary/aromatic N) is 1. The number of pyridine rings is 1. The molecule has 1 aromatic rings. The lowest BCUT2D eigenvalue weighted by Gasteiger charge is -2.09. The minimum Gasteiger partial charge on any atom is -0.478 e. The van der Waals surface area contributed by atoms with Crippen molar-refractivity contribution in [2.24, 2.45) is 0 Å². The first-order valence-electron chi connectivity index (χ1n) is 5.94. The van der Waals surface area contributed by atoms with Gasteiger partial charge in [-0.1, -0.05) is 0 Å². The molecule has 106 valence electrons. The second kappa shape index (κ2) is 8.28. The number of carboxylic acids is 1. The van der Waals surface area contributed by atoms with E-state index in [9.17, 15) is 4.79 Å². The zero-order valence-electron chi connectivity index (χ0n) is 10.9. The van der Waals surface area contributed by atoms with Gasteiger partial charge in [-0.2, -0.15) is 0 Å². The largest absolute Gasteiger partial charge is 0.478 e. The van der Waals surface area contributed by atoms with Crippen molar-refractivity contribution in [3.8, 4) is 0 Å². The molecule has 0 amide bonds. The number of aromatic carboxylic acids is 1. The van der Waals surface area contributed by atoms with E-state index in [4.69, 9.17) is 20.3 Å². The number of hydrogen-bond donors (Lipinski definition) is 3. The maximum atomic E-state index is 10.7. The van der Waals surface area contributed by atoms with E-state index in [1.807, 2.05) is 0 Å². The Labute approximate surface area is 111 Å². The number of aromatic nitrogens is 1. The summed E-state index contributed by atoms with van der Waals surface area (Å²) in [5.74, 6) is -0.556. The predicted molar refractivity (Wildman–Crippen MR) is 71.4 cm³/mol. The van der Waals surface area contributed by atoms with Gasteiger partial charge in [0.1, 0.15) is 5.82 Å². The molecular formula is C12H19N3O4. The van der Waals surface area contributed by atoms with Gasteiger partial charge in [0.2, 0.25) is 0 Å². The quantitative estimate of drug-likeness (QED) is 0.570. The van der Waals surface area contributed by atoms with Crippen LogP contribution in [0.4, 0.5) is 11.5 Å². The molecule has 0 radical (unpaired) electrons. The number of carbonyl (C=O) groups is 1. The predicted octanol–water partition coefficient (Wildman–Crippen LogP) is 0.827. The highest BCUT2D eigenvalue weighted by Gasteiger charge is 2.07. The molecule has 0 fully saturated rings. The summed E-state index contributed by atoms with van der Waals surface area (Å²) in [6.07, 6.45) is 2.07. The number of methoxy groups -OCH3 is 1. The first-order valence-corrected chi connectivity index (χ1v) is 5.94. The number of carboxylic acid groups (broad SMARTS) is 1. The summed E-state index contributed by atoms with van der Waals surface area (Å²) >= 11 is 0. The number of rotatable bonds is 9. The van der Waals surface area contributed by atoms with Crippen LogP contribution < -0.4 is 11.1 Å². The van der Waals surface area contributed by atoms with Crippen LogP contribution in [0.2, 0.25) is 0 Å². The molecule has 1 aromatic heterocycles. The number of ether oxygens (including phenoxy) is 2. The molecule has 19 heavy (non-hydrogen) atoms. The van der Waals surface area contributed by atoms with Crippen LogP contribution in [0.1, 0.15) is 16.8 Å². The Morgan fingerprint density at radius 1 is 1.47 bits per heavy atom. The molecule has 7 heteroatoms. The molecule has 0 bridgehead atoms. The fraction of sp³-hybridized carbons (Fsp3) is 0.500. The zero-order chi connectivity index (χ0) is 14.1. The Balaban J connectivity index is 2.28. The highest BCUT2D eigenvalue weighted by atomic mass is 16.5. The van der Waals surface area contributed by atoms with Crippen LogP contribution in [0.3, 0.4) is 0 Å². The molecule has 0 aromatic carbocycles. The standard InChI is InChI=1S/C12H19N3O4/c1-18-5-6-19-4-2-3-14-11-10(13)7-9(8-15-11)12(16)17/h7-8H,2-6,13H2,1H3,(H,14,15)(H,16,17). The zero-order valence-corrected chi connectivity index (χ0v) is 10.9. The second-order valence-corrected chi connectivity index (χ2v) is 3.85. The number of nitrogens with one attached hydrogen (secondary N) is 1. The maximum Gasteiger partial charge on any atom is 0.337 e. The molecule has 0 aliphatic heterocycles. The molecule has 0 atom stereocenters. The van der Waals surface area contributed by atoms with Crippen molar-refractivity contribution in [2.75, 3.05) is 44.5 Å². The molecule has 4 N–H and O–H groups in total. The van der Waals surface area contributed by atoms with Crippen LogP contribution >= 0.6 is 0 Å².